The van der Waals surface area contributed by atoms with Crippen molar-refractivity contribution in [1.29, 1.82) is 0 Å². The van der Waals surface area contributed by atoms with Crippen LogP contribution in [0, 0.1) is 11.6 Å². The molecule has 2 heterocycles. The van der Waals surface area contributed by atoms with E-state index in [1.54, 1.807) is 6.07 Å². The van der Waals surface area contributed by atoms with E-state index in [4.69, 9.17) is 14.6 Å². The Bertz CT molecular complexity index is 1070. The van der Waals surface area contributed by atoms with Gasteiger partial charge in [0.15, 0.2) is 11.6 Å². The van der Waals surface area contributed by atoms with Crippen LogP contribution in [0.5, 0.6) is 5.75 Å². The van der Waals surface area contributed by atoms with Crippen molar-refractivity contribution in [2.24, 2.45) is 0 Å². The van der Waals surface area contributed by atoms with Crippen molar-refractivity contribution in [3.05, 3.63) is 76.4 Å². The lowest BCUT2D eigenvalue weighted by Gasteiger charge is -2.08. The fourth-order valence-corrected chi connectivity index (χ4v) is 2.99. The Morgan fingerprint density at radius 2 is 2.03 bits per heavy atom. The van der Waals surface area contributed by atoms with Crippen LogP contribution in [0.15, 0.2) is 36.7 Å². The summed E-state index contributed by atoms with van der Waals surface area (Å²) >= 11 is 0. The molecular weight excluding hydrogens is 410 g/mol. The standard InChI is InChI=1S/C21H22F2N4O4/c1-30-12-18-15(21(29)25-8-17-20(23)19(31-2)5-6-24-17)10-27(26-18)9-13-3-4-14(11-28)16(22)7-13/h3-7,10,28H,8-9,11-12H2,1-2H3,(H,25,29). The maximum absolute atomic E-state index is 14.2. The number of aliphatic hydroxyl groups excluding tert-OH is 1. The molecule has 0 aliphatic carbocycles. The van der Waals surface area contributed by atoms with Gasteiger partial charge in [0.1, 0.15) is 11.5 Å². The molecule has 0 bridgehead atoms. The first-order valence-electron chi connectivity index (χ1n) is 9.35. The van der Waals surface area contributed by atoms with E-state index in [-0.39, 0.29) is 48.9 Å². The average molecular weight is 432 g/mol. The van der Waals surface area contributed by atoms with E-state index < -0.39 is 17.5 Å². The van der Waals surface area contributed by atoms with Crippen molar-refractivity contribution in [3.8, 4) is 5.75 Å². The topological polar surface area (TPSA) is 98.5 Å². The number of aromatic nitrogens is 3. The molecule has 0 aliphatic rings. The number of pyridine rings is 1. The number of benzene rings is 1. The van der Waals surface area contributed by atoms with Crippen LogP contribution in [0.4, 0.5) is 8.78 Å². The highest BCUT2D eigenvalue weighted by atomic mass is 19.1. The molecule has 8 nitrogen and oxygen atoms in total. The van der Waals surface area contributed by atoms with Crippen LogP contribution in [-0.4, -0.2) is 40.0 Å². The van der Waals surface area contributed by atoms with Crippen molar-refractivity contribution >= 4 is 5.91 Å². The van der Waals surface area contributed by atoms with Crippen LogP contribution in [0.25, 0.3) is 0 Å². The van der Waals surface area contributed by atoms with E-state index >= 15 is 0 Å². The van der Waals surface area contributed by atoms with Gasteiger partial charge in [0.05, 0.1) is 44.7 Å². The molecule has 0 spiro atoms. The Labute approximate surface area is 177 Å². The van der Waals surface area contributed by atoms with Gasteiger partial charge in [-0.05, 0) is 11.6 Å². The summed E-state index contributed by atoms with van der Waals surface area (Å²) in [7, 11) is 2.81. The fourth-order valence-electron chi connectivity index (χ4n) is 2.99. The van der Waals surface area contributed by atoms with Gasteiger partial charge in [-0.15, -0.1) is 0 Å². The summed E-state index contributed by atoms with van der Waals surface area (Å²) in [4.78, 5) is 16.6. The Morgan fingerprint density at radius 1 is 1.23 bits per heavy atom. The molecule has 10 heteroatoms. The summed E-state index contributed by atoms with van der Waals surface area (Å²) in [6.45, 7) is -0.246. The molecule has 0 saturated heterocycles. The highest BCUT2D eigenvalue weighted by Gasteiger charge is 2.18. The Kier molecular flexibility index (Phi) is 7.27. The summed E-state index contributed by atoms with van der Waals surface area (Å²) in [6, 6.07) is 5.86. The molecule has 0 saturated carbocycles. The molecule has 3 rings (SSSR count). The van der Waals surface area contributed by atoms with Gasteiger partial charge in [-0.1, -0.05) is 12.1 Å². The van der Waals surface area contributed by atoms with Crippen LogP contribution in [0.1, 0.15) is 32.9 Å². The number of hydrogen-bond acceptors (Lipinski definition) is 6. The number of halogens is 2. The second kappa shape index (κ2) is 10.1. The summed E-state index contributed by atoms with van der Waals surface area (Å²) in [6.07, 6.45) is 2.90. The maximum Gasteiger partial charge on any atom is 0.255 e. The number of methoxy groups -OCH3 is 2. The quantitative estimate of drug-likeness (QED) is 0.538. The third-order valence-corrected chi connectivity index (χ3v) is 4.56. The zero-order valence-corrected chi connectivity index (χ0v) is 17.1. The summed E-state index contributed by atoms with van der Waals surface area (Å²) in [5, 5.41) is 16.0. The Balaban J connectivity index is 1.76. The summed E-state index contributed by atoms with van der Waals surface area (Å²) in [5.74, 6) is -1.61. The van der Waals surface area contributed by atoms with E-state index in [9.17, 15) is 13.6 Å². The minimum atomic E-state index is -0.647. The third kappa shape index (κ3) is 5.22. The van der Waals surface area contributed by atoms with Gasteiger partial charge in [-0.3, -0.25) is 14.5 Å². The molecule has 2 aromatic heterocycles. The van der Waals surface area contributed by atoms with Gasteiger partial charge >= 0.3 is 0 Å². The van der Waals surface area contributed by atoms with Gasteiger partial charge in [0, 0.05) is 31.1 Å². The molecule has 31 heavy (non-hydrogen) atoms. The smallest absolute Gasteiger partial charge is 0.255 e. The number of hydrogen-bond donors (Lipinski definition) is 2. The van der Waals surface area contributed by atoms with Crippen LogP contribution in [-0.2, 0) is 31.0 Å². The fraction of sp³-hybridized carbons (Fsp3) is 0.286. The lowest BCUT2D eigenvalue weighted by Crippen LogP contribution is -2.24. The third-order valence-electron chi connectivity index (χ3n) is 4.56. The zero-order chi connectivity index (χ0) is 22.4. The van der Waals surface area contributed by atoms with Gasteiger partial charge in [-0.2, -0.15) is 5.10 Å². The Morgan fingerprint density at radius 3 is 2.71 bits per heavy atom. The summed E-state index contributed by atoms with van der Waals surface area (Å²) in [5.41, 5.74) is 1.47. The van der Waals surface area contributed by atoms with Crippen LogP contribution < -0.4 is 10.1 Å². The van der Waals surface area contributed by atoms with Gasteiger partial charge < -0.3 is 19.9 Å². The molecule has 164 valence electrons. The molecule has 3 aromatic rings. The minimum Gasteiger partial charge on any atom is -0.494 e. The number of aliphatic hydroxyl groups is 1. The predicted molar refractivity (Wildman–Crippen MR) is 106 cm³/mol. The van der Waals surface area contributed by atoms with Crippen molar-refractivity contribution in [1.82, 2.24) is 20.1 Å². The number of ether oxygens (including phenoxy) is 2. The van der Waals surface area contributed by atoms with Gasteiger partial charge in [0.25, 0.3) is 5.91 Å². The van der Waals surface area contributed by atoms with Crippen molar-refractivity contribution in [2.75, 3.05) is 14.2 Å². The lowest BCUT2D eigenvalue weighted by molar-refractivity contribution is 0.0945. The SMILES string of the molecule is COCc1nn(Cc2ccc(CO)c(F)c2)cc1C(=O)NCc1nccc(OC)c1F. The van der Waals surface area contributed by atoms with Crippen molar-refractivity contribution < 1.29 is 28.2 Å². The highest BCUT2D eigenvalue weighted by Crippen LogP contribution is 2.18. The van der Waals surface area contributed by atoms with Gasteiger partial charge in [-0.25, -0.2) is 8.78 Å². The molecule has 1 amide bonds. The lowest BCUT2D eigenvalue weighted by atomic mass is 10.1. The number of carbonyl (C=O) groups is 1. The van der Waals surface area contributed by atoms with Crippen LogP contribution >= 0.6 is 0 Å². The molecule has 0 aliphatic heterocycles. The normalized spacial score (nSPS) is 10.9. The largest absolute Gasteiger partial charge is 0.494 e. The predicted octanol–water partition coefficient (Wildman–Crippen LogP) is 2.18. The van der Waals surface area contributed by atoms with E-state index in [0.29, 0.717) is 11.3 Å². The van der Waals surface area contributed by atoms with E-state index in [1.807, 2.05) is 0 Å². The molecule has 0 unspecified atom stereocenters. The van der Waals surface area contributed by atoms with Crippen LogP contribution in [0.3, 0.4) is 0 Å². The molecular formula is C21H22F2N4O4. The van der Waals surface area contributed by atoms with Crippen molar-refractivity contribution in [3.63, 3.8) is 0 Å². The maximum atomic E-state index is 14.2. The monoisotopic (exact) mass is 432 g/mol. The van der Waals surface area contributed by atoms with E-state index in [2.05, 4.69) is 15.4 Å². The first kappa shape index (κ1) is 22.3. The molecule has 0 radical (unpaired) electrons. The molecule has 2 N–H and O–H groups in total. The number of nitrogens with one attached hydrogen (secondary N) is 1. The summed E-state index contributed by atoms with van der Waals surface area (Å²) < 4.78 is 39.7. The molecule has 0 atom stereocenters. The number of carbonyl (C=O) groups excluding carboxylic acids is 1. The highest BCUT2D eigenvalue weighted by molar-refractivity contribution is 5.95. The Hall–Kier alpha value is -3.37. The average Bonchev–Trinajstić information content (AvgIpc) is 3.15. The molecule has 0 fully saturated rings. The van der Waals surface area contributed by atoms with E-state index in [0.717, 1.165) is 0 Å². The van der Waals surface area contributed by atoms with E-state index in [1.165, 1.54) is 49.5 Å². The zero-order valence-electron chi connectivity index (χ0n) is 17.1. The first-order chi connectivity index (χ1) is 15.0. The second-order valence-electron chi connectivity index (χ2n) is 6.66. The first-order valence-corrected chi connectivity index (χ1v) is 9.35. The van der Waals surface area contributed by atoms with Crippen LogP contribution in [0.2, 0.25) is 0 Å². The van der Waals surface area contributed by atoms with Crippen molar-refractivity contribution in [2.45, 2.75) is 26.3 Å². The number of amides is 1. The minimum absolute atomic E-state index is 0.0339. The number of nitrogens with zero attached hydrogens (tertiary/aromatic N) is 3. The van der Waals surface area contributed by atoms with Gasteiger partial charge in [0.2, 0.25) is 0 Å². The second-order valence-corrected chi connectivity index (χ2v) is 6.66. The molecule has 1 aromatic carbocycles. The number of rotatable bonds is 9.